The molecule has 6 heteroatoms. The molecule has 0 saturated heterocycles. The van der Waals surface area contributed by atoms with E-state index in [9.17, 15) is 4.79 Å². The van der Waals surface area contributed by atoms with Crippen LogP contribution in [-0.4, -0.2) is 29.3 Å². The van der Waals surface area contributed by atoms with Crippen molar-refractivity contribution in [1.82, 2.24) is 9.97 Å². The van der Waals surface area contributed by atoms with Crippen LogP contribution >= 0.6 is 23.4 Å². The summed E-state index contributed by atoms with van der Waals surface area (Å²) in [6.45, 7) is 1.71. The number of carbonyl (C=O) groups is 1. The van der Waals surface area contributed by atoms with Crippen molar-refractivity contribution in [3.05, 3.63) is 16.5 Å². The molecule has 0 fully saturated rings. The lowest BCUT2D eigenvalue weighted by Crippen LogP contribution is -2.08. The molecule has 0 radical (unpaired) electrons. The first kappa shape index (κ1) is 11.3. The van der Waals surface area contributed by atoms with Crippen LogP contribution in [0.25, 0.3) is 0 Å². The molecular weight excluding hydrogens is 224 g/mol. The van der Waals surface area contributed by atoms with Crippen LogP contribution in [0, 0.1) is 6.92 Å². The molecular formula is C8H9ClN2O2S. The minimum Gasteiger partial charge on any atom is -0.465 e. The zero-order chi connectivity index (χ0) is 10.7. The summed E-state index contributed by atoms with van der Waals surface area (Å²) < 4.78 is 4.58. The van der Waals surface area contributed by atoms with Gasteiger partial charge in [-0.2, -0.15) is 0 Å². The largest absolute Gasteiger partial charge is 0.465 e. The first-order valence-electron chi connectivity index (χ1n) is 3.76. The maximum Gasteiger partial charge on any atom is 0.343 e. The summed E-state index contributed by atoms with van der Waals surface area (Å²) in [5, 5.41) is 0.669. The zero-order valence-corrected chi connectivity index (χ0v) is 9.57. The summed E-state index contributed by atoms with van der Waals surface area (Å²) in [6, 6.07) is 0. The van der Waals surface area contributed by atoms with Gasteiger partial charge in [0, 0.05) is 0 Å². The Morgan fingerprint density at radius 3 is 2.64 bits per heavy atom. The van der Waals surface area contributed by atoms with Crippen LogP contribution in [0.15, 0.2) is 5.03 Å². The number of thioether (sulfide) groups is 1. The molecule has 0 aliphatic heterocycles. The number of carbonyl (C=O) groups excluding carboxylic acids is 1. The van der Waals surface area contributed by atoms with E-state index in [4.69, 9.17) is 11.6 Å². The molecule has 0 aliphatic rings. The normalized spacial score (nSPS) is 10.0. The topological polar surface area (TPSA) is 52.1 Å². The molecule has 0 amide bonds. The molecule has 14 heavy (non-hydrogen) atoms. The molecule has 0 unspecified atom stereocenters. The smallest absolute Gasteiger partial charge is 0.343 e. The minimum absolute atomic E-state index is 0.133. The molecule has 0 aromatic carbocycles. The molecule has 4 nitrogen and oxygen atoms in total. The van der Waals surface area contributed by atoms with E-state index in [-0.39, 0.29) is 10.7 Å². The summed E-state index contributed by atoms with van der Waals surface area (Å²) in [5.74, 6) is 0.0198. The fourth-order valence-corrected chi connectivity index (χ4v) is 1.89. The maximum absolute atomic E-state index is 11.3. The number of hydrogen-bond donors (Lipinski definition) is 0. The summed E-state index contributed by atoms with van der Waals surface area (Å²) >= 11 is 7.15. The van der Waals surface area contributed by atoms with E-state index in [1.54, 1.807) is 6.92 Å². The second-order valence-electron chi connectivity index (χ2n) is 2.44. The number of halogens is 1. The Hall–Kier alpha value is -0.810. The Labute approximate surface area is 91.0 Å². The number of nitrogens with zero attached hydrogens (tertiary/aromatic N) is 2. The molecule has 1 aromatic heterocycles. The Balaban J connectivity index is 3.32. The van der Waals surface area contributed by atoms with Crippen LogP contribution < -0.4 is 0 Å². The SMILES string of the molecule is COC(=O)c1c(Cl)nc(C)nc1SC. The van der Waals surface area contributed by atoms with Crippen molar-refractivity contribution >= 4 is 29.3 Å². The molecule has 1 rings (SSSR count). The second kappa shape index (κ2) is 4.61. The summed E-state index contributed by atoms with van der Waals surface area (Å²) in [6.07, 6.45) is 1.81. The molecule has 76 valence electrons. The van der Waals surface area contributed by atoms with Crippen LogP contribution in [0.5, 0.6) is 0 Å². The van der Waals surface area contributed by atoms with Crippen LogP contribution in [0.1, 0.15) is 16.2 Å². The van der Waals surface area contributed by atoms with Gasteiger partial charge in [0.2, 0.25) is 0 Å². The Morgan fingerprint density at radius 2 is 2.14 bits per heavy atom. The molecule has 0 saturated carbocycles. The van der Waals surface area contributed by atoms with Crippen molar-refractivity contribution in [3.63, 3.8) is 0 Å². The predicted octanol–water partition coefficient (Wildman–Crippen LogP) is 1.95. The van der Waals surface area contributed by atoms with E-state index in [1.165, 1.54) is 18.9 Å². The fourth-order valence-electron chi connectivity index (χ4n) is 0.935. The standard InChI is InChI=1S/C8H9ClN2O2S/c1-4-10-6(9)5(8(12)13-2)7(11-4)14-3/h1-3H3. The lowest BCUT2D eigenvalue weighted by atomic mass is 10.3. The van der Waals surface area contributed by atoms with Crippen molar-refractivity contribution in [2.75, 3.05) is 13.4 Å². The van der Waals surface area contributed by atoms with E-state index in [0.29, 0.717) is 10.9 Å². The third-order valence-corrected chi connectivity index (χ3v) is 2.48. The zero-order valence-electron chi connectivity index (χ0n) is 8.00. The van der Waals surface area contributed by atoms with Crippen molar-refractivity contribution in [2.24, 2.45) is 0 Å². The third-order valence-electron chi connectivity index (χ3n) is 1.53. The second-order valence-corrected chi connectivity index (χ2v) is 3.59. The van der Waals surface area contributed by atoms with Gasteiger partial charge in [-0.15, -0.1) is 11.8 Å². The monoisotopic (exact) mass is 232 g/mol. The van der Waals surface area contributed by atoms with Gasteiger partial charge in [-0.3, -0.25) is 0 Å². The molecule has 1 aromatic rings. The summed E-state index contributed by atoms with van der Waals surface area (Å²) in [5.41, 5.74) is 0.229. The van der Waals surface area contributed by atoms with E-state index in [2.05, 4.69) is 14.7 Å². The van der Waals surface area contributed by atoms with E-state index in [1.807, 2.05) is 6.26 Å². The van der Waals surface area contributed by atoms with Gasteiger partial charge in [-0.05, 0) is 13.2 Å². The van der Waals surface area contributed by atoms with Crippen LogP contribution in [-0.2, 0) is 4.74 Å². The number of rotatable bonds is 2. The van der Waals surface area contributed by atoms with Crippen molar-refractivity contribution < 1.29 is 9.53 Å². The fraction of sp³-hybridized carbons (Fsp3) is 0.375. The first-order chi connectivity index (χ1) is 6.60. The third kappa shape index (κ3) is 2.16. The van der Waals surface area contributed by atoms with Gasteiger partial charge in [0.1, 0.15) is 21.6 Å². The number of aromatic nitrogens is 2. The van der Waals surface area contributed by atoms with Gasteiger partial charge >= 0.3 is 5.97 Å². The van der Waals surface area contributed by atoms with Crippen LogP contribution in [0.2, 0.25) is 5.15 Å². The maximum atomic E-state index is 11.3. The van der Waals surface area contributed by atoms with Crippen molar-refractivity contribution in [3.8, 4) is 0 Å². The number of aryl methyl sites for hydroxylation is 1. The van der Waals surface area contributed by atoms with Gasteiger partial charge in [-0.1, -0.05) is 11.6 Å². The quantitative estimate of drug-likeness (QED) is 0.443. The molecule has 0 atom stereocenters. The van der Waals surface area contributed by atoms with E-state index in [0.717, 1.165) is 0 Å². The van der Waals surface area contributed by atoms with Gasteiger partial charge in [0.25, 0.3) is 0 Å². The van der Waals surface area contributed by atoms with Gasteiger partial charge < -0.3 is 4.74 Å². The number of ether oxygens (including phenoxy) is 1. The molecule has 1 heterocycles. The van der Waals surface area contributed by atoms with Crippen LogP contribution in [0.3, 0.4) is 0 Å². The minimum atomic E-state index is -0.514. The highest BCUT2D eigenvalue weighted by Crippen LogP contribution is 2.24. The molecule has 0 N–H and O–H groups in total. The van der Waals surface area contributed by atoms with Crippen molar-refractivity contribution in [1.29, 1.82) is 0 Å². The summed E-state index contributed by atoms with van der Waals surface area (Å²) in [7, 11) is 1.29. The Bertz CT molecular complexity index is 371. The van der Waals surface area contributed by atoms with Gasteiger partial charge in [0.05, 0.1) is 7.11 Å². The van der Waals surface area contributed by atoms with Gasteiger partial charge in [-0.25, -0.2) is 14.8 Å². The number of methoxy groups -OCH3 is 1. The average molecular weight is 233 g/mol. The predicted molar refractivity (Wildman–Crippen MR) is 54.9 cm³/mol. The molecule has 0 bridgehead atoms. The number of esters is 1. The first-order valence-corrected chi connectivity index (χ1v) is 5.36. The molecule has 0 spiro atoms. The van der Waals surface area contributed by atoms with E-state index < -0.39 is 5.97 Å². The highest BCUT2D eigenvalue weighted by molar-refractivity contribution is 7.98. The highest BCUT2D eigenvalue weighted by Gasteiger charge is 2.18. The van der Waals surface area contributed by atoms with Crippen molar-refractivity contribution in [2.45, 2.75) is 11.9 Å². The highest BCUT2D eigenvalue weighted by atomic mass is 35.5. The number of hydrogen-bond acceptors (Lipinski definition) is 5. The Kier molecular flexibility index (Phi) is 3.71. The Morgan fingerprint density at radius 1 is 1.50 bits per heavy atom. The molecule has 0 aliphatic carbocycles. The lowest BCUT2D eigenvalue weighted by Gasteiger charge is -2.06. The van der Waals surface area contributed by atoms with E-state index >= 15 is 0 Å². The van der Waals surface area contributed by atoms with Gasteiger partial charge in [0.15, 0.2) is 0 Å². The lowest BCUT2D eigenvalue weighted by molar-refractivity contribution is 0.0595. The van der Waals surface area contributed by atoms with Crippen LogP contribution in [0.4, 0.5) is 0 Å². The summed E-state index contributed by atoms with van der Waals surface area (Å²) in [4.78, 5) is 19.3. The average Bonchev–Trinajstić information content (AvgIpc) is 2.15.